The molecular formula is C53H39N5. The summed E-state index contributed by atoms with van der Waals surface area (Å²) in [6, 6.07) is 62.3. The van der Waals surface area contributed by atoms with Crippen molar-refractivity contribution >= 4 is 50.3 Å². The second-order valence-corrected chi connectivity index (χ2v) is 15.1. The molecule has 0 saturated carbocycles. The first-order valence-electron chi connectivity index (χ1n) is 20.0. The summed E-state index contributed by atoms with van der Waals surface area (Å²) < 4.78 is 2.47. The van der Waals surface area contributed by atoms with Crippen LogP contribution < -0.4 is 0 Å². The lowest BCUT2D eigenvalue weighted by molar-refractivity contribution is 0.383. The predicted octanol–water partition coefficient (Wildman–Crippen LogP) is 12.5. The molecule has 0 spiro atoms. The molecule has 0 saturated heterocycles. The Morgan fingerprint density at radius 2 is 1.21 bits per heavy atom. The Morgan fingerprint density at radius 3 is 1.95 bits per heavy atom. The molecule has 1 unspecified atom stereocenters. The molecule has 2 aliphatic rings. The van der Waals surface area contributed by atoms with Crippen LogP contribution in [-0.4, -0.2) is 33.2 Å². The maximum absolute atomic E-state index is 5.52. The lowest BCUT2D eigenvalue weighted by Crippen LogP contribution is -2.35. The highest BCUT2D eigenvalue weighted by atomic mass is 15.3. The number of pyridine rings is 1. The Morgan fingerprint density at radius 1 is 0.569 bits per heavy atom. The third-order valence-electron chi connectivity index (χ3n) is 11.7. The van der Waals surface area contributed by atoms with E-state index < -0.39 is 0 Å². The molecule has 5 heteroatoms. The van der Waals surface area contributed by atoms with E-state index in [1.54, 1.807) is 0 Å². The van der Waals surface area contributed by atoms with Gasteiger partial charge in [0.15, 0.2) is 5.84 Å². The maximum atomic E-state index is 5.52. The fraction of sp³-hybridized carbons (Fsp3) is 0.0755. The molecule has 5 nitrogen and oxygen atoms in total. The summed E-state index contributed by atoms with van der Waals surface area (Å²) in [6.07, 6.45) is 6.31. The minimum atomic E-state index is -0.276. The highest BCUT2D eigenvalue weighted by Crippen LogP contribution is 2.43. The average Bonchev–Trinajstić information content (AvgIpc) is 3.65. The van der Waals surface area contributed by atoms with E-state index in [2.05, 4.69) is 186 Å². The van der Waals surface area contributed by atoms with Crippen molar-refractivity contribution in [3.63, 3.8) is 0 Å². The number of hydrogen-bond donors (Lipinski definition) is 0. The first-order chi connectivity index (χ1) is 28.7. The number of aliphatic imine (C=N–C) groups is 2. The summed E-state index contributed by atoms with van der Waals surface area (Å²) in [4.78, 5) is 18.2. The van der Waals surface area contributed by atoms with Crippen LogP contribution in [0.15, 0.2) is 192 Å². The number of aromatic nitrogens is 2. The fourth-order valence-electron chi connectivity index (χ4n) is 8.86. The fourth-order valence-corrected chi connectivity index (χ4v) is 8.86. The molecule has 1 aliphatic heterocycles. The van der Waals surface area contributed by atoms with Gasteiger partial charge in [-0.25, -0.2) is 15.0 Å². The van der Waals surface area contributed by atoms with Crippen LogP contribution in [0.4, 0.5) is 0 Å². The highest BCUT2D eigenvalue weighted by molar-refractivity contribution is 6.19. The largest absolute Gasteiger partial charge is 0.333 e. The number of allylic oxidation sites excluding steroid dienone is 1. The van der Waals surface area contributed by atoms with Crippen molar-refractivity contribution in [1.29, 1.82) is 0 Å². The quantitative estimate of drug-likeness (QED) is 0.159. The summed E-state index contributed by atoms with van der Waals surface area (Å²) in [7, 11) is 2.10. The molecule has 11 rings (SSSR count). The zero-order valence-electron chi connectivity index (χ0n) is 32.1. The van der Waals surface area contributed by atoms with Crippen LogP contribution in [0, 0.1) is 0 Å². The Balaban J connectivity index is 1.06. The van der Waals surface area contributed by atoms with Gasteiger partial charge in [0.05, 0.1) is 16.7 Å². The van der Waals surface area contributed by atoms with Crippen molar-refractivity contribution in [1.82, 2.24) is 14.5 Å². The first-order valence-corrected chi connectivity index (χ1v) is 20.0. The van der Waals surface area contributed by atoms with E-state index in [1.165, 1.54) is 38.7 Å². The molecule has 2 aromatic heterocycles. The highest BCUT2D eigenvalue weighted by Gasteiger charge is 2.28. The molecule has 9 aromatic rings. The van der Waals surface area contributed by atoms with Crippen molar-refractivity contribution in [2.45, 2.75) is 19.0 Å². The van der Waals surface area contributed by atoms with Gasteiger partial charge in [-0.1, -0.05) is 170 Å². The zero-order chi connectivity index (χ0) is 38.6. The van der Waals surface area contributed by atoms with E-state index in [-0.39, 0.29) is 6.17 Å². The molecule has 0 N–H and O–H groups in total. The molecular weight excluding hydrogens is 707 g/mol. The number of rotatable bonds is 6. The van der Waals surface area contributed by atoms with Crippen LogP contribution >= 0.6 is 0 Å². The minimum Gasteiger partial charge on any atom is -0.333 e. The molecule has 276 valence electrons. The Kier molecular flexibility index (Phi) is 8.18. The third kappa shape index (κ3) is 5.66. The van der Waals surface area contributed by atoms with Gasteiger partial charge in [0.2, 0.25) is 0 Å². The topological polar surface area (TPSA) is 45.8 Å². The Labute approximate surface area is 337 Å². The Hall–Kier alpha value is -7.37. The molecule has 58 heavy (non-hydrogen) atoms. The summed E-state index contributed by atoms with van der Waals surface area (Å²) >= 11 is 0. The molecule has 7 aromatic carbocycles. The number of benzene rings is 7. The molecule has 0 radical (unpaired) electrons. The predicted molar refractivity (Wildman–Crippen MR) is 241 cm³/mol. The van der Waals surface area contributed by atoms with Crippen LogP contribution in [0.25, 0.3) is 66.7 Å². The van der Waals surface area contributed by atoms with Crippen molar-refractivity contribution < 1.29 is 0 Å². The summed E-state index contributed by atoms with van der Waals surface area (Å²) in [5, 5.41) is 4.74. The third-order valence-corrected chi connectivity index (χ3v) is 11.7. The first kappa shape index (κ1) is 33.9. The number of fused-ring (bicyclic) bond motifs is 7. The molecule has 0 bridgehead atoms. The SMILES string of the molecule is CN1C(c2ccc(-c3ccccc3)cc2)=NC(c2ccccc2)=NC1c1ccc(-n2c3c(c4c(-c5ccccc5)nc5c6ccccc6ccc5c42)CCC=C3)cc1. The van der Waals surface area contributed by atoms with E-state index in [4.69, 9.17) is 15.0 Å². The summed E-state index contributed by atoms with van der Waals surface area (Å²) in [5.41, 5.74) is 13.6. The number of aryl methyl sites for hydroxylation is 1. The second-order valence-electron chi connectivity index (χ2n) is 15.1. The van der Waals surface area contributed by atoms with E-state index in [0.717, 1.165) is 74.4 Å². The molecule has 3 heterocycles. The van der Waals surface area contributed by atoms with Crippen LogP contribution in [0.5, 0.6) is 0 Å². The van der Waals surface area contributed by atoms with E-state index >= 15 is 0 Å². The molecule has 0 fully saturated rings. The lowest BCUT2D eigenvalue weighted by Gasteiger charge is -2.32. The van der Waals surface area contributed by atoms with Crippen molar-refractivity contribution in [3.8, 4) is 28.1 Å². The van der Waals surface area contributed by atoms with Gasteiger partial charge in [0, 0.05) is 51.3 Å². The minimum absolute atomic E-state index is 0.276. The van der Waals surface area contributed by atoms with Gasteiger partial charge in [-0.3, -0.25) is 0 Å². The summed E-state index contributed by atoms with van der Waals surface area (Å²) in [6.45, 7) is 0. The summed E-state index contributed by atoms with van der Waals surface area (Å²) in [5.74, 6) is 1.61. The van der Waals surface area contributed by atoms with E-state index in [9.17, 15) is 0 Å². The van der Waals surface area contributed by atoms with Gasteiger partial charge in [-0.05, 0) is 58.7 Å². The van der Waals surface area contributed by atoms with Crippen molar-refractivity contribution in [2.24, 2.45) is 9.98 Å². The van der Waals surface area contributed by atoms with Crippen LogP contribution in [-0.2, 0) is 6.42 Å². The number of hydrogen-bond acceptors (Lipinski definition) is 4. The van der Waals surface area contributed by atoms with Gasteiger partial charge >= 0.3 is 0 Å². The normalized spacial score (nSPS) is 15.1. The van der Waals surface area contributed by atoms with Gasteiger partial charge in [-0.15, -0.1) is 0 Å². The van der Waals surface area contributed by atoms with Crippen molar-refractivity contribution in [3.05, 3.63) is 210 Å². The van der Waals surface area contributed by atoms with Gasteiger partial charge < -0.3 is 9.47 Å². The van der Waals surface area contributed by atoms with E-state index in [1.807, 2.05) is 18.2 Å². The van der Waals surface area contributed by atoms with Gasteiger partial charge in [0.1, 0.15) is 12.0 Å². The smallest absolute Gasteiger partial charge is 0.159 e. The molecule has 0 amide bonds. The van der Waals surface area contributed by atoms with E-state index in [0.29, 0.717) is 0 Å². The molecule has 1 atom stereocenters. The molecule has 1 aliphatic carbocycles. The van der Waals surface area contributed by atoms with Gasteiger partial charge in [0.25, 0.3) is 0 Å². The van der Waals surface area contributed by atoms with Gasteiger partial charge in [-0.2, -0.15) is 0 Å². The monoisotopic (exact) mass is 745 g/mol. The number of nitrogens with zero attached hydrogens (tertiary/aromatic N) is 5. The maximum Gasteiger partial charge on any atom is 0.159 e. The van der Waals surface area contributed by atoms with Crippen molar-refractivity contribution in [2.75, 3.05) is 7.05 Å². The second kappa shape index (κ2) is 14.0. The standard InChI is InChI=1S/C53H39N5/c1-57-52(40-27-25-36(26-28-40)35-15-5-2-6-16-35)55-51(39-20-9-4-10-21-39)56-53(57)41-29-32-42(33-30-41)58-46-24-14-13-23-44(46)47-48(38-18-7-3-8-19-38)54-49-43-22-12-11-17-37(43)31-34-45(49)50(47)58/h2-12,14-22,24-34,53H,13,23H2,1H3. The van der Waals surface area contributed by atoms with Crippen LogP contribution in [0.3, 0.4) is 0 Å². The average molecular weight is 746 g/mol. The lowest BCUT2D eigenvalue weighted by atomic mass is 9.95. The Bertz CT molecular complexity index is 3090. The van der Waals surface area contributed by atoms with Crippen LogP contribution in [0.1, 0.15) is 40.5 Å². The number of amidine groups is 2. The zero-order valence-corrected chi connectivity index (χ0v) is 32.1. The van der Waals surface area contributed by atoms with Crippen LogP contribution in [0.2, 0.25) is 0 Å².